The van der Waals surface area contributed by atoms with Gasteiger partial charge in [0, 0.05) is 38.1 Å². The molecule has 0 spiro atoms. The Morgan fingerprint density at radius 1 is 1.50 bits per heavy atom. The molecule has 1 N–H and O–H groups in total. The zero-order chi connectivity index (χ0) is 14.8. The molecule has 0 aliphatic carbocycles. The van der Waals surface area contributed by atoms with Gasteiger partial charge in [0.25, 0.3) is 5.69 Å². The molecule has 110 valence electrons. The van der Waals surface area contributed by atoms with E-state index in [4.69, 9.17) is 4.74 Å². The number of hydrogen-bond donors (Lipinski definition) is 1. The molecule has 0 unspecified atom stereocenters. The number of benzene rings is 1. The van der Waals surface area contributed by atoms with E-state index in [-0.39, 0.29) is 11.6 Å². The molecule has 0 bridgehead atoms. The highest BCUT2D eigenvalue weighted by molar-refractivity contribution is 7.99. The average molecular weight is 298 g/mol. The molecule has 0 atom stereocenters. The summed E-state index contributed by atoms with van der Waals surface area (Å²) in [6.45, 7) is 1.23. The fraction of sp³-hybridized carbons (Fsp3) is 0.462. The topological polar surface area (TPSA) is 81.5 Å². The lowest BCUT2D eigenvalue weighted by Crippen LogP contribution is -2.26. The monoisotopic (exact) mass is 298 g/mol. The van der Waals surface area contributed by atoms with Gasteiger partial charge < -0.3 is 10.1 Å². The van der Waals surface area contributed by atoms with Gasteiger partial charge in [0.15, 0.2) is 0 Å². The first-order chi connectivity index (χ1) is 9.63. The summed E-state index contributed by atoms with van der Waals surface area (Å²) in [7, 11) is 1.62. The molecule has 0 saturated heterocycles. The number of hydrogen-bond acceptors (Lipinski definition) is 5. The Hall–Kier alpha value is -1.60. The molecule has 1 rings (SSSR count). The molecule has 0 fully saturated rings. The number of non-ortho nitro benzene ring substituents is 1. The van der Waals surface area contributed by atoms with Gasteiger partial charge in [0.1, 0.15) is 0 Å². The van der Waals surface area contributed by atoms with Crippen molar-refractivity contribution in [3.63, 3.8) is 0 Å². The molecule has 0 aliphatic heterocycles. The zero-order valence-electron chi connectivity index (χ0n) is 11.3. The van der Waals surface area contributed by atoms with Crippen LogP contribution in [0.2, 0.25) is 0 Å². The minimum absolute atomic E-state index is 0.0310. The van der Waals surface area contributed by atoms with Crippen molar-refractivity contribution in [3.05, 3.63) is 39.9 Å². The number of thioether (sulfide) groups is 1. The molecule has 1 aromatic carbocycles. The lowest BCUT2D eigenvalue weighted by molar-refractivity contribution is -0.384. The van der Waals surface area contributed by atoms with Crippen LogP contribution in [0.4, 0.5) is 5.69 Å². The first-order valence-corrected chi connectivity index (χ1v) is 7.35. The first kappa shape index (κ1) is 16.5. The number of nitrogens with zero attached hydrogens (tertiary/aromatic N) is 1. The van der Waals surface area contributed by atoms with Crippen molar-refractivity contribution in [3.8, 4) is 0 Å². The van der Waals surface area contributed by atoms with E-state index < -0.39 is 4.92 Å². The average Bonchev–Trinajstić information content (AvgIpc) is 2.44. The Kier molecular flexibility index (Phi) is 7.67. The van der Waals surface area contributed by atoms with Crippen LogP contribution in [-0.2, 0) is 15.3 Å². The SMILES string of the molecule is COCCCNC(=O)CSCc1cccc([N+](=O)[O-])c1. The van der Waals surface area contributed by atoms with Gasteiger partial charge in [-0.3, -0.25) is 14.9 Å². The van der Waals surface area contributed by atoms with E-state index in [0.29, 0.717) is 24.7 Å². The minimum atomic E-state index is -0.420. The Morgan fingerprint density at radius 3 is 3.00 bits per heavy atom. The number of rotatable bonds is 9. The normalized spacial score (nSPS) is 10.2. The van der Waals surface area contributed by atoms with Gasteiger partial charge in [-0.1, -0.05) is 12.1 Å². The summed E-state index contributed by atoms with van der Waals surface area (Å²) in [5.41, 5.74) is 0.920. The first-order valence-electron chi connectivity index (χ1n) is 6.20. The van der Waals surface area contributed by atoms with Crippen LogP contribution in [-0.4, -0.2) is 36.8 Å². The number of nitrogens with one attached hydrogen (secondary N) is 1. The van der Waals surface area contributed by atoms with Crippen LogP contribution in [0.5, 0.6) is 0 Å². The highest BCUT2D eigenvalue weighted by Crippen LogP contribution is 2.17. The second-order valence-corrected chi connectivity index (χ2v) is 5.10. The van der Waals surface area contributed by atoms with Gasteiger partial charge in [0.2, 0.25) is 5.91 Å². The standard InChI is InChI=1S/C13H18N2O4S/c1-19-7-3-6-14-13(16)10-20-9-11-4-2-5-12(8-11)15(17)18/h2,4-5,8H,3,6-7,9-10H2,1H3,(H,14,16). The van der Waals surface area contributed by atoms with Crippen molar-refractivity contribution in [2.45, 2.75) is 12.2 Å². The third-order valence-corrected chi connectivity index (χ3v) is 3.47. The molecular formula is C13H18N2O4S. The molecule has 0 radical (unpaired) electrons. The lowest BCUT2D eigenvalue weighted by atomic mass is 10.2. The van der Waals surface area contributed by atoms with Crippen molar-refractivity contribution in [2.75, 3.05) is 26.0 Å². The van der Waals surface area contributed by atoms with Gasteiger partial charge in [-0.2, -0.15) is 0 Å². The number of nitro groups is 1. The summed E-state index contributed by atoms with van der Waals surface area (Å²) >= 11 is 1.43. The van der Waals surface area contributed by atoms with E-state index in [1.165, 1.54) is 23.9 Å². The van der Waals surface area contributed by atoms with E-state index in [1.807, 2.05) is 6.07 Å². The summed E-state index contributed by atoms with van der Waals surface area (Å²) in [6, 6.07) is 6.45. The second-order valence-electron chi connectivity index (χ2n) is 4.12. The van der Waals surface area contributed by atoms with Crippen LogP contribution >= 0.6 is 11.8 Å². The van der Waals surface area contributed by atoms with Crippen LogP contribution in [0.3, 0.4) is 0 Å². The predicted molar refractivity (Wildman–Crippen MR) is 78.8 cm³/mol. The van der Waals surface area contributed by atoms with E-state index in [1.54, 1.807) is 13.2 Å². The predicted octanol–water partition coefficient (Wildman–Crippen LogP) is 1.98. The number of carbonyl (C=O) groups is 1. The van der Waals surface area contributed by atoms with Gasteiger partial charge >= 0.3 is 0 Å². The van der Waals surface area contributed by atoms with Crippen molar-refractivity contribution < 1.29 is 14.5 Å². The maximum absolute atomic E-state index is 11.5. The van der Waals surface area contributed by atoms with Gasteiger partial charge in [-0.25, -0.2) is 0 Å². The minimum Gasteiger partial charge on any atom is -0.385 e. The lowest BCUT2D eigenvalue weighted by Gasteiger charge is -2.05. The summed E-state index contributed by atoms with van der Waals surface area (Å²) in [4.78, 5) is 21.7. The molecule has 0 aromatic heterocycles. The van der Waals surface area contributed by atoms with E-state index in [0.717, 1.165) is 12.0 Å². The highest BCUT2D eigenvalue weighted by atomic mass is 32.2. The number of carbonyl (C=O) groups excluding carboxylic acids is 1. The van der Waals surface area contributed by atoms with E-state index in [2.05, 4.69) is 5.32 Å². The molecule has 7 heteroatoms. The van der Waals surface area contributed by atoms with Gasteiger partial charge in [-0.15, -0.1) is 11.8 Å². The van der Waals surface area contributed by atoms with Crippen LogP contribution in [0.15, 0.2) is 24.3 Å². The second kappa shape index (κ2) is 9.33. The van der Waals surface area contributed by atoms with Crippen molar-refractivity contribution >= 4 is 23.4 Å². The Bertz CT molecular complexity index is 454. The summed E-state index contributed by atoms with van der Waals surface area (Å²) in [6.07, 6.45) is 0.789. The Labute approximate surface area is 122 Å². The van der Waals surface area contributed by atoms with Gasteiger partial charge in [-0.05, 0) is 12.0 Å². The maximum atomic E-state index is 11.5. The van der Waals surface area contributed by atoms with E-state index >= 15 is 0 Å². The third-order valence-electron chi connectivity index (χ3n) is 2.47. The number of amides is 1. The van der Waals surface area contributed by atoms with Crippen molar-refractivity contribution in [1.29, 1.82) is 0 Å². The van der Waals surface area contributed by atoms with Gasteiger partial charge in [0.05, 0.1) is 10.7 Å². The molecule has 0 aliphatic rings. The molecular weight excluding hydrogens is 280 g/mol. The molecule has 6 nitrogen and oxygen atoms in total. The largest absolute Gasteiger partial charge is 0.385 e. The highest BCUT2D eigenvalue weighted by Gasteiger charge is 2.06. The molecule has 1 aromatic rings. The number of methoxy groups -OCH3 is 1. The Morgan fingerprint density at radius 2 is 2.30 bits per heavy atom. The Balaban J connectivity index is 2.25. The number of nitro benzene ring substituents is 1. The summed E-state index contributed by atoms with van der Waals surface area (Å²) in [5.74, 6) is 0.889. The fourth-order valence-corrected chi connectivity index (χ4v) is 2.32. The zero-order valence-corrected chi connectivity index (χ0v) is 12.1. The summed E-state index contributed by atoms with van der Waals surface area (Å²) < 4.78 is 4.88. The molecule has 20 heavy (non-hydrogen) atoms. The molecule has 0 heterocycles. The molecule has 0 saturated carbocycles. The smallest absolute Gasteiger partial charge is 0.269 e. The maximum Gasteiger partial charge on any atom is 0.269 e. The third kappa shape index (κ3) is 6.53. The van der Waals surface area contributed by atoms with E-state index in [9.17, 15) is 14.9 Å². The quantitative estimate of drug-likeness (QED) is 0.428. The molecule has 1 amide bonds. The van der Waals surface area contributed by atoms with Crippen LogP contribution in [0.25, 0.3) is 0 Å². The van der Waals surface area contributed by atoms with Crippen molar-refractivity contribution in [1.82, 2.24) is 5.32 Å². The fourth-order valence-electron chi connectivity index (χ4n) is 1.52. The van der Waals surface area contributed by atoms with Crippen molar-refractivity contribution in [2.24, 2.45) is 0 Å². The summed E-state index contributed by atoms with van der Waals surface area (Å²) in [5, 5.41) is 13.4. The van der Waals surface area contributed by atoms with Crippen LogP contribution in [0.1, 0.15) is 12.0 Å². The number of ether oxygens (including phenoxy) is 1. The van der Waals surface area contributed by atoms with Crippen LogP contribution < -0.4 is 5.32 Å². The van der Waals surface area contributed by atoms with Crippen LogP contribution in [0, 0.1) is 10.1 Å².